The van der Waals surface area contributed by atoms with Crippen molar-refractivity contribution in [3.63, 3.8) is 0 Å². The smallest absolute Gasteiger partial charge is 0.304 e. The van der Waals surface area contributed by atoms with Gasteiger partial charge in [-0.3, -0.25) is 4.79 Å². The van der Waals surface area contributed by atoms with Gasteiger partial charge < -0.3 is 5.11 Å². The van der Waals surface area contributed by atoms with Crippen LogP contribution in [0, 0.1) is 0 Å². The van der Waals surface area contributed by atoms with E-state index in [0.29, 0.717) is 18.0 Å². The molecule has 1 N–H and O–H groups in total. The molecule has 0 unspecified atom stereocenters. The Balaban J connectivity index is 2.30. The fraction of sp³-hybridized carbons (Fsp3) is 0.462. The number of carbonyl (C=O) groups is 1. The molecule has 1 saturated heterocycles. The van der Waals surface area contributed by atoms with Crippen LogP contribution in [0.25, 0.3) is 0 Å². The Labute approximate surface area is 123 Å². The number of sulfonamides is 1. The Kier molecular flexibility index (Phi) is 4.67. The highest BCUT2D eigenvalue weighted by atomic mass is 35.5. The number of hydrogen-bond acceptors (Lipinski definition) is 3. The van der Waals surface area contributed by atoms with Crippen molar-refractivity contribution in [2.45, 2.75) is 36.6 Å². The van der Waals surface area contributed by atoms with E-state index in [0.717, 1.165) is 12.8 Å². The van der Waals surface area contributed by atoms with Crippen molar-refractivity contribution >= 4 is 27.6 Å². The van der Waals surface area contributed by atoms with Crippen molar-refractivity contribution in [2.75, 3.05) is 6.54 Å². The molecular weight excluding hydrogens is 302 g/mol. The fourth-order valence-corrected chi connectivity index (χ4v) is 4.26. The number of aliphatic carboxylic acids is 1. The van der Waals surface area contributed by atoms with E-state index in [1.54, 1.807) is 0 Å². The summed E-state index contributed by atoms with van der Waals surface area (Å²) in [5.74, 6) is -0.979. The molecule has 110 valence electrons. The summed E-state index contributed by atoms with van der Waals surface area (Å²) in [6.07, 6.45) is 2.03. The van der Waals surface area contributed by atoms with Gasteiger partial charge in [-0.15, -0.1) is 0 Å². The Morgan fingerprint density at radius 1 is 1.30 bits per heavy atom. The molecule has 1 aromatic rings. The normalized spacial score (nSPS) is 20.8. The minimum Gasteiger partial charge on any atom is -0.481 e. The molecule has 20 heavy (non-hydrogen) atoms. The summed E-state index contributed by atoms with van der Waals surface area (Å²) >= 11 is 5.76. The number of carboxylic acids is 1. The molecule has 0 bridgehead atoms. The summed E-state index contributed by atoms with van der Waals surface area (Å²) < 4.78 is 26.5. The molecule has 0 radical (unpaired) electrons. The first kappa shape index (κ1) is 15.3. The molecule has 1 atom stereocenters. The number of halogens is 1. The van der Waals surface area contributed by atoms with E-state index in [-0.39, 0.29) is 11.3 Å². The Morgan fingerprint density at radius 3 is 2.55 bits per heavy atom. The van der Waals surface area contributed by atoms with Crippen molar-refractivity contribution < 1.29 is 18.3 Å². The largest absolute Gasteiger partial charge is 0.481 e. The molecule has 2 rings (SSSR count). The van der Waals surface area contributed by atoms with Crippen molar-refractivity contribution in [1.29, 1.82) is 0 Å². The van der Waals surface area contributed by atoms with Crippen LogP contribution in [0.1, 0.15) is 25.7 Å². The van der Waals surface area contributed by atoms with Crippen LogP contribution in [-0.2, 0) is 14.8 Å². The lowest BCUT2D eigenvalue weighted by Gasteiger charge is -2.33. The van der Waals surface area contributed by atoms with Crippen LogP contribution < -0.4 is 0 Å². The maximum absolute atomic E-state index is 12.6. The summed E-state index contributed by atoms with van der Waals surface area (Å²) in [4.78, 5) is 11.0. The lowest BCUT2D eigenvalue weighted by Crippen LogP contribution is -2.44. The lowest BCUT2D eigenvalue weighted by atomic mass is 10.0. The highest BCUT2D eigenvalue weighted by Crippen LogP contribution is 2.27. The maximum atomic E-state index is 12.6. The molecule has 5 nitrogen and oxygen atoms in total. The third kappa shape index (κ3) is 3.31. The zero-order chi connectivity index (χ0) is 14.8. The highest BCUT2D eigenvalue weighted by molar-refractivity contribution is 7.89. The molecule has 0 spiro atoms. The van der Waals surface area contributed by atoms with E-state index in [9.17, 15) is 13.2 Å². The van der Waals surface area contributed by atoms with Gasteiger partial charge in [0.1, 0.15) is 0 Å². The first-order valence-electron chi connectivity index (χ1n) is 6.40. The van der Waals surface area contributed by atoms with E-state index in [1.807, 2.05) is 0 Å². The monoisotopic (exact) mass is 317 g/mol. The first-order chi connectivity index (χ1) is 9.41. The van der Waals surface area contributed by atoms with Crippen molar-refractivity contribution in [2.24, 2.45) is 0 Å². The number of piperidine rings is 1. The van der Waals surface area contributed by atoms with Crippen LogP contribution in [0.2, 0.25) is 5.02 Å². The molecular formula is C13H16ClNO4S. The molecule has 1 aromatic carbocycles. The maximum Gasteiger partial charge on any atom is 0.304 e. The third-order valence-electron chi connectivity index (χ3n) is 3.40. The number of hydrogen-bond donors (Lipinski definition) is 1. The van der Waals surface area contributed by atoms with Crippen molar-refractivity contribution in [1.82, 2.24) is 4.31 Å². The number of carboxylic acid groups (broad SMARTS) is 1. The van der Waals surface area contributed by atoms with Crippen LogP contribution in [0.15, 0.2) is 29.2 Å². The van der Waals surface area contributed by atoms with E-state index in [2.05, 4.69) is 0 Å². The van der Waals surface area contributed by atoms with Gasteiger partial charge >= 0.3 is 5.97 Å². The zero-order valence-corrected chi connectivity index (χ0v) is 12.4. The first-order valence-corrected chi connectivity index (χ1v) is 8.22. The van der Waals surface area contributed by atoms with Crippen LogP contribution in [0.3, 0.4) is 0 Å². The topological polar surface area (TPSA) is 74.7 Å². The average molecular weight is 318 g/mol. The van der Waals surface area contributed by atoms with Crippen molar-refractivity contribution in [3.8, 4) is 0 Å². The lowest BCUT2D eigenvalue weighted by molar-refractivity contribution is -0.138. The minimum absolute atomic E-state index is 0.152. The molecule has 0 amide bonds. The number of benzene rings is 1. The van der Waals surface area contributed by atoms with Gasteiger partial charge in [0.05, 0.1) is 11.3 Å². The van der Waals surface area contributed by atoms with Crippen LogP contribution in [0.5, 0.6) is 0 Å². The SMILES string of the molecule is O=C(O)C[C@H]1CCCCN1S(=O)(=O)c1ccc(Cl)cc1. The van der Waals surface area contributed by atoms with Gasteiger partial charge in [-0.05, 0) is 37.1 Å². The third-order valence-corrected chi connectivity index (χ3v) is 5.62. The predicted octanol–water partition coefficient (Wildman–Crippen LogP) is 2.36. The summed E-state index contributed by atoms with van der Waals surface area (Å²) in [6.45, 7) is 0.364. The molecule has 1 aliphatic heterocycles. The van der Waals surface area contributed by atoms with E-state index in [4.69, 9.17) is 16.7 Å². The van der Waals surface area contributed by atoms with E-state index >= 15 is 0 Å². The Bertz CT molecular complexity index is 585. The van der Waals surface area contributed by atoms with Gasteiger partial charge in [-0.25, -0.2) is 8.42 Å². The second-order valence-corrected chi connectivity index (χ2v) is 7.14. The van der Waals surface area contributed by atoms with Gasteiger partial charge in [-0.1, -0.05) is 18.0 Å². The van der Waals surface area contributed by atoms with Gasteiger partial charge in [-0.2, -0.15) is 4.31 Å². The zero-order valence-electron chi connectivity index (χ0n) is 10.8. The van der Waals surface area contributed by atoms with Gasteiger partial charge in [0.15, 0.2) is 0 Å². The molecule has 7 heteroatoms. The predicted molar refractivity (Wildman–Crippen MR) is 75.2 cm³/mol. The second-order valence-electron chi connectivity index (χ2n) is 4.82. The molecule has 1 aliphatic rings. The summed E-state index contributed by atoms with van der Waals surface area (Å²) in [7, 11) is -3.66. The minimum atomic E-state index is -3.66. The van der Waals surface area contributed by atoms with Gasteiger partial charge in [0.2, 0.25) is 10.0 Å². The highest BCUT2D eigenvalue weighted by Gasteiger charge is 2.34. The van der Waals surface area contributed by atoms with Gasteiger partial charge in [0, 0.05) is 17.6 Å². The Hall–Kier alpha value is -1.11. The average Bonchev–Trinajstić information content (AvgIpc) is 2.39. The molecule has 1 fully saturated rings. The fourth-order valence-electron chi connectivity index (χ4n) is 2.44. The molecule has 1 heterocycles. The van der Waals surface area contributed by atoms with Crippen LogP contribution >= 0.6 is 11.6 Å². The van der Waals surface area contributed by atoms with E-state index in [1.165, 1.54) is 28.6 Å². The second kappa shape index (κ2) is 6.11. The summed E-state index contributed by atoms with van der Waals surface area (Å²) in [5, 5.41) is 9.38. The Morgan fingerprint density at radius 2 is 1.95 bits per heavy atom. The molecule has 0 aromatic heterocycles. The van der Waals surface area contributed by atoms with Gasteiger partial charge in [0.25, 0.3) is 0 Å². The standard InChI is InChI=1S/C13H16ClNO4S/c14-10-4-6-12(7-5-10)20(18,19)15-8-2-1-3-11(15)9-13(16)17/h4-7,11H,1-3,8-9H2,(H,16,17)/t11-/m1/s1. The number of nitrogens with zero attached hydrogens (tertiary/aromatic N) is 1. The van der Waals surface area contributed by atoms with E-state index < -0.39 is 22.0 Å². The quantitative estimate of drug-likeness (QED) is 0.925. The summed E-state index contributed by atoms with van der Waals surface area (Å²) in [6, 6.07) is 5.46. The number of rotatable bonds is 4. The van der Waals surface area contributed by atoms with Crippen LogP contribution in [0.4, 0.5) is 0 Å². The molecule has 0 saturated carbocycles. The van der Waals surface area contributed by atoms with Crippen molar-refractivity contribution in [3.05, 3.63) is 29.3 Å². The molecule has 0 aliphatic carbocycles. The summed E-state index contributed by atoms with van der Waals surface area (Å²) in [5.41, 5.74) is 0. The van der Waals surface area contributed by atoms with Crippen LogP contribution in [-0.4, -0.2) is 36.4 Å².